The van der Waals surface area contributed by atoms with Gasteiger partial charge < -0.3 is 4.90 Å². The zero-order chi connectivity index (χ0) is 24.0. The summed E-state index contributed by atoms with van der Waals surface area (Å²) in [7, 11) is -3.79. The normalized spacial score (nSPS) is 14.9. The first-order valence-corrected chi connectivity index (χ1v) is 12.5. The number of carbonyl (C=O) groups is 1. The van der Waals surface area contributed by atoms with Crippen LogP contribution in [0.5, 0.6) is 0 Å². The van der Waals surface area contributed by atoms with Crippen molar-refractivity contribution in [3.63, 3.8) is 0 Å². The van der Waals surface area contributed by atoms with Gasteiger partial charge in [-0.25, -0.2) is 19.0 Å². The molecule has 3 aromatic carbocycles. The predicted octanol–water partition coefficient (Wildman–Crippen LogP) is 2.42. The Hall–Kier alpha value is -3.53. The van der Waals surface area contributed by atoms with Gasteiger partial charge in [0.1, 0.15) is 0 Å². The van der Waals surface area contributed by atoms with E-state index in [-0.39, 0.29) is 10.5 Å². The van der Waals surface area contributed by atoms with Crippen LogP contribution in [0.4, 0.5) is 5.69 Å². The largest absolute Gasteiger partial charge is 0.369 e. The Morgan fingerprint density at radius 3 is 2.18 bits per heavy atom. The number of nitrogens with zero attached hydrogens (tertiary/aromatic N) is 3. The van der Waals surface area contributed by atoms with E-state index in [1.54, 1.807) is 6.21 Å². The number of nitrogens with one attached hydrogen (secondary N) is 1. The van der Waals surface area contributed by atoms with Crippen LogP contribution in [0.3, 0.4) is 0 Å². The molecular weight excluding hydrogens is 450 g/mol. The summed E-state index contributed by atoms with van der Waals surface area (Å²) in [5.74, 6) is -0.442. The topological polar surface area (TPSA) is 108 Å². The number of rotatable bonds is 7. The molecule has 0 aromatic heterocycles. The Morgan fingerprint density at radius 1 is 0.912 bits per heavy atom. The number of amides is 1. The third kappa shape index (κ3) is 6.28. The van der Waals surface area contributed by atoms with Gasteiger partial charge in [0, 0.05) is 44.0 Å². The Bertz CT molecular complexity index is 1240. The second-order valence-electron chi connectivity index (χ2n) is 8.11. The van der Waals surface area contributed by atoms with Crippen LogP contribution in [0.15, 0.2) is 88.9 Å². The van der Waals surface area contributed by atoms with Crippen molar-refractivity contribution in [2.75, 3.05) is 31.1 Å². The first kappa shape index (κ1) is 23.6. The molecule has 34 heavy (non-hydrogen) atoms. The molecular formula is C25H27N5O3S. The van der Waals surface area contributed by atoms with Crippen LogP contribution >= 0.6 is 0 Å². The zero-order valence-corrected chi connectivity index (χ0v) is 19.5. The van der Waals surface area contributed by atoms with Crippen molar-refractivity contribution in [2.24, 2.45) is 10.2 Å². The van der Waals surface area contributed by atoms with Gasteiger partial charge in [-0.3, -0.25) is 9.69 Å². The molecule has 0 radical (unpaired) electrons. The van der Waals surface area contributed by atoms with E-state index < -0.39 is 15.9 Å². The van der Waals surface area contributed by atoms with E-state index in [1.807, 2.05) is 18.2 Å². The molecule has 0 unspecified atom stereocenters. The lowest BCUT2D eigenvalue weighted by atomic mass is 10.1. The zero-order valence-electron chi connectivity index (χ0n) is 18.7. The summed E-state index contributed by atoms with van der Waals surface area (Å²) in [6, 6.07) is 23.9. The highest BCUT2D eigenvalue weighted by atomic mass is 32.2. The number of hydrazone groups is 1. The molecule has 9 heteroatoms. The van der Waals surface area contributed by atoms with Gasteiger partial charge in [0.05, 0.1) is 11.1 Å². The number of primary sulfonamides is 1. The van der Waals surface area contributed by atoms with Crippen molar-refractivity contribution in [3.8, 4) is 0 Å². The van der Waals surface area contributed by atoms with E-state index in [0.717, 1.165) is 44.0 Å². The monoisotopic (exact) mass is 477 g/mol. The molecule has 1 amide bonds. The number of nitrogens with two attached hydrogens (primary N) is 1. The minimum Gasteiger partial charge on any atom is -0.369 e. The fourth-order valence-electron chi connectivity index (χ4n) is 3.80. The van der Waals surface area contributed by atoms with Gasteiger partial charge in [-0.1, -0.05) is 42.5 Å². The van der Waals surface area contributed by atoms with Crippen LogP contribution < -0.4 is 15.5 Å². The van der Waals surface area contributed by atoms with Crippen molar-refractivity contribution < 1.29 is 13.2 Å². The van der Waals surface area contributed by atoms with Crippen LogP contribution in [-0.4, -0.2) is 51.6 Å². The summed E-state index contributed by atoms with van der Waals surface area (Å²) in [5.41, 5.74) is 6.09. The molecule has 176 valence electrons. The van der Waals surface area contributed by atoms with Crippen LogP contribution in [0.2, 0.25) is 0 Å². The standard InChI is InChI=1S/C25H27N5O3S/c26-34(32,33)24-12-8-22(9-13-24)25(31)28-27-18-20-6-10-23(11-7-20)30-16-14-29(15-17-30)19-21-4-2-1-3-5-21/h1-13,18H,14-17,19H2,(H,28,31)(H2,26,32,33)/b27-18+. The van der Waals surface area contributed by atoms with Crippen LogP contribution in [0, 0.1) is 0 Å². The molecule has 1 aliphatic heterocycles. The Labute approximate surface area is 199 Å². The molecule has 0 spiro atoms. The van der Waals surface area contributed by atoms with Crippen LogP contribution in [-0.2, 0) is 16.6 Å². The second kappa shape index (κ2) is 10.6. The van der Waals surface area contributed by atoms with E-state index in [4.69, 9.17) is 5.14 Å². The average Bonchev–Trinajstić information content (AvgIpc) is 2.85. The number of piperazine rings is 1. The third-order valence-electron chi connectivity index (χ3n) is 5.70. The number of hydrogen-bond donors (Lipinski definition) is 2. The minimum absolute atomic E-state index is 0.0507. The molecule has 0 atom stereocenters. The van der Waals surface area contributed by atoms with Crippen molar-refractivity contribution >= 4 is 27.8 Å². The van der Waals surface area contributed by atoms with Gasteiger partial charge in [0.25, 0.3) is 5.91 Å². The molecule has 1 saturated heterocycles. The highest BCUT2D eigenvalue weighted by molar-refractivity contribution is 7.89. The lowest BCUT2D eigenvalue weighted by Crippen LogP contribution is -2.45. The SMILES string of the molecule is NS(=O)(=O)c1ccc(C(=O)N/N=C/c2ccc(N3CCN(Cc4ccccc4)CC3)cc2)cc1. The lowest BCUT2D eigenvalue weighted by Gasteiger charge is -2.36. The summed E-state index contributed by atoms with van der Waals surface area (Å²) in [4.78, 5) is 17.0. The molecule has 3 aromatic rings. The molecule has 1 fully saturated rings. The molecule has 8 nitrogen and oxygen atoms in total. The summed E-state index contributed by atoms with van der Waals surface area (Å²) in [6.45, 7) is 4.96. The summed E-state index contributed by atoms with van der Waals surface area (Å²) < 4.78 is 22.6. The van der Waals surface area contributed by atoms with Gasteiger partial charge >= 0.3 is 0 Å². The summed E-state index contributed by atoms with van der Waals surface area (Å²) in [5, 5.41) is 9.06. The maximum absolute atomic E-state index is 12.2. The fraction of sp³-hybridized carbons (Fsp3) is 0.200. The quantitative estimate of drug-likeness (QED) is 0.401. The second-order valence-corrected chi connectivity index (χ2v) is 9.67. The highest BCUT2D eigenvalue weighted by Gasteiger charge is 2.17. The molecule has 0 aliphatic carbocycles. The van der Waals surface area contributed by atoms with E-state index in [2.05, 4.69) is 56.7 Å². The third-order valence-corrected chi connectivity index (χ3v) is 6.63. The molecule has 1 heterocycles. The van der Waals surface area contributed by atoms with E-state index in [1.165, 1.54) is 29.8 Å². The molecule has 0 bridgehead atoms. The molecule has 4 rings (SSSR count). The number of benzene rings is 3. The van der Waals surface area contributed by atoms with Crippen molar-refractivity contribution in [1.82, 2.24) is 10.3 Å². The van der Waals surface area contributed by atoms with Crippen LogP contribution in [0.25, 0.3) is 0 Å². The molecule has 1 aliphatic rings. The Kier molecular flexibility index (Phi) is 7.36. The Morgan fingerprint density at radius 2 is 1.56 bits per heavy atom. The van der Waals surface area contributed by atoms with E-state index in [0.29, 0.717) is 0 Å². The smallest absolute Gasteiger partial charge is 0.271 e. The first-order chi connectivity index (χ1) is 16.4. The first-order valence-electron chi connectivity index (χ1n) is 11.0. The van der Waals surface area contributed by atoms with E-state index >= 15 is 0 Å². The van der Waals surface area contributed by atoms with Crippen LogP contribution in [0.1, 0.15) is 21.5 Å². The number of sulfonamides is 1. The number of hydrogen-bond acceptors (Lipinski definition) is 6. The number of anilines is 1. The number of carbonyl (C=O) groups excluding carboxylic acids is 1. The summed E-state index contributed by atoms with van der Waals surface area (Å²) >= 11 is 0. The molecule has 3 N–H and O–H groups in total. The van der Waals surface area contributed by atoms with Crippen molar-refractivity contribution in [3.05, 3.63) is 95.6 Å². The summed E-state index contributed by atoms with van der Waals surface area (Å²) in [6.07, 6.45) is 1.57. The van der Waals surface area contributed by atoms with E-state index in [9.17, 15) is 13.2 Å². The van der Waals surface area contributed by atoms with Gasteiger partial charge in [-0.2, -0.15) is 5.10 Å². The average molecular weight is 478 g/mol. The van der Waals surface area contributed by atoms with Gasteiger partial charge in [-0.05, 0) is 47.5 Å². The minimum atomic E-state index is -3.79. The lowest BCUT2D eigenvalue weighted by molar-refractivity contribution is 0.0955. The predicted molar refractivity (Wildman–Crippen MR) is 133 cm³/mol. The maximum Gasteiger partial charge on any atom is 0.271 e. The van der Waals surface area contributed by atoms with Gasteiger partial charge in [0.15, 0.2) is 0 Å². The highest BCUT2D eigenvalue weighted by Crippen LogP contribution is 2.18. The van der Waals surface area contributed by atoms with Crippen molar-refractivity contribution in [1.29, 1.82) is 0 Å². The van der Waals surface area contributed by atoms with Gasteiger partial charge in [-0.15, -0.1) is 0 Å². The molecule has 0 saturated carbocycles. The maximum atomic E-state index is 12.2. The van der Waals surface area contributed by atoms with Crippen molar-refractivity contribution in [2.45, 2.75) is 11.4 Å². The Balaban J connectivity index is 1.26. The van der Waals surface area contributed by atoms with Gasteiger partial charge in [0.2, 0.25) is 10.0 Å². The fourth-order valence-corrected chi connectivity index (χ4v) is 4.32.